The zero-order valence-electron chi connectivity index (χ0n) is 9.90. The van der Waals surface area contributed by atoms with Gasteiger partial charge in [-0.1, -0.05) is 25.6 Å². The molecule has 0 radical (unpaired) electrons. The molecule has 0 saturated heterocycles. The zero-order valence-corrected chi connectivity index (χ0v) is 10.7. The van der Waals surface area contributed by atoms with Crippen LogP contribution in [0, 0.1) is 12.8 Å². The molecule has 0 aromatic carbocycles. The van der Waals surface area contributed by atoms with Crippen LogP contribution in [0.4, 0.5) is 5.69 Å². The van der Waals surface area contributed by atoms with Gasteiger partial charge in [-0.25, -0.2) is 0 Å². The average molecular weight is 235 g/mol. The second-order valence-corrected chi connectivity index (χ2v) is 5.38. The summed E-state index contributed by atoms with van der Waals surface area (Å²) in [5, 5.41) is 4.37. The van der Waals surface area contributed by atoms with Crippen LogP contribution in [0.2, 0.25) is 0 Å². The number of hydrogen-bond donors (Lipinski definition) is 1. The normalized spacial score (nSPS) is 20.0. The van der Waals surface area contributed by atoms with Gasteiger partial charge in [0.1, 0.15) is 0 Å². The van der Waals surface area contributed by atoms with Crippen LogP contribution in [0.25, 0.3) is 0 Å². The lowest BCUT2D eigenvalue weighted by Crippen LogP contribution is -2.12. The van der Waals surface area contributed by atoms with E-state index >= 15 is 0 Å². The molecule has 0 spiro atoms. The van der Waals surface area contributed by atoms with E-state index < -0.39 is 0 Å². The fourth-order valence-electron chi connectivity index (χ4n) is 1.51. The molecule has 1 N–H and O–H groups in total. The average Bonchev–Trinajstić information content (AvgIpc) is 2.70. The zero-order chi connectivity index (χ0) is 11.5. The summed E-state index contributed by atoms with van der Waals surface area (Å²) >= 11 is 1.79. The van der Waals surface area contributed by atoms with Gasteiger partial charge in [-0.2, -0.15) is 0 Å². The van der Waals surface area contributed by atoms with Crippen LogP contribution in [0.5, 0.6) is 0 Å². The van der Waals surface area contributed by atoms with Crippen LogP contribution in [0.1, 0.15) is 19.4 Å². The highest BCUT2D eigenvalue weighted by atomic mass is 32.2. The minimum absolute atomic E-state index is 0.449. The fourth-order valence-corrected chi connectivity index (χ4v) is 2.69. The monoisotopic (exact) mass is 235 g/mol. The lowest BCUT2D eigenvalue weighted by molar-refractivity contribution is 0.543. The molecule has 86 valence electrons. The van der Waals surface area contributed by atoms with E-state index in [2.05, 4.69) is 36.1 Å². The van der Waals surface area contributed by atoms with E-state index in [0.29, 0.717) is 12.0 Å². The van der Waals surface area contributed by atoms with Crippen LogP contribution >= 0.6 is 11.8 Å². The Morgan fingerprint density at radius 2 is 2.31 bits per heavy atom. The van der Waals surface area contributed by atoms with E-state index in [1.54, 1.807) is 18.0 Å². The van der Waals surface area contributed by atoms with Crippen molar-refractivity contribution in [2.24, 2.45) is 10.9 Å². The first kappa shape index (κ1) is 11.5. The minimum Gasteiger partial charge on any atom is -0.333 e. The van der Waals surface area contributed by atoms with Crippen molar-refractivity contribution in [1.82, 2.24) is 4.98 Å². The van der Waals surface area contributed by atoms with Crippen molar-refractivity contribution >= 4 is 22.6 Å². The summed E-state index contributed by atoms with van der Waals surface area (Å²) in [4.78, 5) is 8.78. The molecule has 0 aliphatic carbocycles. The number of pyridine rings is 1. The van der Waals surface area contributed by atoms with Gasteiger partial charge in [0.05, 0.1) is 17.9 Å². The third-order valence-electron chi connectivity index (χ3n) is 2.72. The molecule has 1 aliphatic rings. The number of nitrogens with zero attached hydrogens (tertiary/aromatic N) is 2. The molecule has 4 heteroatoms. The van der Waals surface area contributed by atoms with Crippen molar-refractivity contribution in [3.63, 3.8) is 0 Å². The smallest absolute Gasteiger partial charge is 0.161 e. The van der Waals surface area contributed by atoms with Crippen molar-refractivity contribution < 1.29 is 0 Å². The first-order chi connectivity index (χ1) is 7.66. The molecule has 1 aliphatic heterocycles. The second-order valence-electron chi connectivity index (χ2n) is 4.37. The van der Waals surface area contributed by atoms with E-state index in [1.165, 1.54) is 5.56 Å². The summed E-state index contributed by atoms with van der Waals surface area (Å²) in [5.74, 6) is 1.70. The maximum absolute atomic E-state index is 4.66. The van der Waals surface area contributed by atoms with Crippen LogP contribution in [-0.4, -0.2) is 21.9 Å². The molecule has 2 heterocycles. The van der Waals surface area contributed by atoms with E-state index in [-0.39, 0.29) is 0 Å². The highest BCUT2D eigenvalue weighted by Gasteiger charge is 2.21. The number of aliphatic imine (C=N–C) groups is 1. The van der Waals surface area contributed by atoms with Gasteiger partial charge in [0.15, 0.2) is 5.17 Å². The van der Waals surface area contributed by atoms with Crippen molar-refractivity contribution in [3.05, 3.63) is 24.0 Å². The van der Waals surface area contributed by atoms with Crippen molar-refractivity contribution in [3.8, 4) is 0 Å². The number of aromatic nitrogens is 1. The molecule has 1 atom stereocenters. The number of aryl methyl sites for hydroxylation is 1. The van der Waals surface area contributed by atoms with E-state index in [1.807, 2.05) is 12.3 Å². The predicted octanol–water partition coefficient (Wildman–Crippen LogP) is 2.93. The summed E-state index contributed by atoms with van der Waals surface area (Å²) in [7, 11) is 0. The topological polar surface area (TPSA) is 37.3 Å². The summed E-state index contributed by atoms with van der Waals surface area (Å²) < 4.78 is 0. The molecule has 0 amide bonds. The SMILES string of the molecule is Cc1ccncc1NC1=N[C@@H](C(C)C)CS1. The number of anilines is 1. The molecular formula is C12H17N3S. The fraction of sp³-hybridized carbons (Fsp3) is 0.500. The Morgan fingerprint density at radius 3 is 2.94 bits per heavy atom. The Kier molecular flexibility index (Phi) is 3.49. The second kappa shape index (κ2) is 4.87. The number of rotatable bonds is 2. The summed E-state index contributed by atoms with van der Waals surface area (Å²) in [6.45, 7) is 6.50. The van der Waals surface area contributed by atoms with Gasteiger partial charge in [0, 0.05) is 11.9 Å². The Labute approximate surface area is 101 Å². The van der Waals surface area contributed by atoms with Gasteiger partial charge in [-0.15, -0.1) is 0 Å². The van der Waals surface area contributed by atoms with Gasteiger partial charge < -0.3 is 5.32 Å². The van der Waals surface area contributed by atoms with Crippen LogP contribution < -0.4 is 5.32 Å². The third-order valence-corrected chi connectivity index (χ3v) is 3.71. The maximum Gasteiger partial charge on any atom is 0.161 e. The summed E-state index contributed by atoms with van der Waals surface area (Å²) in [5.41, 5.74) is 2.25. The Bertz CT molecular complexity index is 401. The minimum atomic E-state index is 0.449. The molecule has 0 bridgehead atoms. The Balaban J connectivity index is 2.07. The van der Waals surface area contributed by atoms with E-state index in [9.17, 15) is 0 Å². The lowest BCUT2D eigenvalue weighted by Gasteiger charge is -2.08. The van der Waals surface area contributed by atoms with Gasteiger partial charge in [0.2, 0.25) is 0 Å². The molecule has 1 aromatic rings. The number of hydrogen-bond acceptors (Lipinski definition) is 4. The third kappa shape index (κ3) is 2.55. The predicted molar refractivity (Wildman–Crippen MR) is 71.1 cm³/mol. The molecular weight excluding hydrogens is 218 g/mol. The van der Waals surface area contributed by atoms with E-state index in [0.717, 1.165) is 16.6 Å². The summed E-state index contributed by atoms with van der Waals surface area (Å²) in [6, 6.07) is 2.45. The quantitative estimate of drug-likeness (QED) is 0.856. The number of nitrogens with one attached hydrogen (secondary N) is 1. The van der Waals surface area contributed by atoms with Crippen molar-refractivity contribution in [2.75, 3.05) is 11.1 Å². The summed E-state index contributed by atoms with van der Waals surface area (Å²) in [6.07, 6.45) is 3.65. The van der Waals surface area contributed by atoms with Gasteiger partial charge >= 0.3 is 0 Å². The molecule has 1 aromatic heterocycles. The Hall–Kier alpha value is -1.03. The highest BCUT2D eigenvalue weighted by Crippen LogP contribution is 2.25. The van der Waals surface area contributed by atoms with Crippen molar-refractivity contribution in [2.45, 2.75) is 26.8 Å². The number of thioether (sulfide) groups is 1. The molecule has 16 heavy (non-hydrogen) atoms. The maximum atomic E-state index is 4.66. The largest absolute Gasteiger partial charge is 0.333 e. The molecule has 0 fully saturated rings. The molecule has 0 saturated carbocycles. The van der Waals surface area contributed by atoms with E-state index in [4.69, 9.17) is 0 Å². The molecule has 2 rings (SSSR count). The number of amidine groups is 1. The lowest BCUT2D eigenvalue weighted by atomic mass is 10.1. The van der Waals surface area contributed by atoms with Crippen LogP contribution in [0.3, 0.4) is 0 Å². The Morgan fingerprint density at radius 1 is 1.50 bits per heavy atom. The van der Waals surface area contributed by atoms with Gasteiger partial charge in [0.25, 0.3) is 0 Å². The molecule has 0 unspecified atom stereocenters. The van der Waals surface area contributed by atoms with Crippen LogP contribution in [0.15, 0.2) is 23.5 Å². The van der Waals surface area contributed by atoms with Gasteiger partial charge in [-0.3, -0.25) is 9.98 Å². The highest BCUT2D eigenvalue weighted by molar-refractivity contribution is 8.14. The van der Waals surface area contributed by atoms with Gasteiger partial charge in [-0.05, 0) is 24.5 Å². The first-order valence-corrected chi connectivity index (χ1v) is 6.53. The van der Waals surface area contributed by atoms with Crippen molar-refractivity contribution in [1.29, 1.82) is 0 Å². The molecule has 3 nitrogen and oxygen atoms in total. The van der Waals surface area contributed by atoms with Crippen LogP contribution in [-0.2, 0) is 0 Å². The standard InChI is InChI=1S/C12H17N3S/c1-8(2)11-7-16-12(15-11)14-10-6-13-5-4-9(10)3/h4-6,8,11H,7H2,1-3H3,(H,14,15)/t11-/m1/s1. The first-order valence-electron chi connectivity index (χ1n) is 5.55.